The van der Waals surface area contributed by atoms with Gasteiger partial charge in [0, 0.05) is 4.47 Å². The Morgan fingerprint density at radius 3 is 2.07 bits per heavy atom. The Hall–Kier alpha value is 0.660. The Balaban J connectivity index is 3.13. The lowest BCUT2D eigenvalue weighted by Gasteiger charge is -2.20. The smallest absolute Gasteiger partial charge is 0.0712 e. The quantitative estimate of drug-likeness (QED) is 0.558. The summed E-state index contributed by atoms with van der Waals surface area (Å²) in [7, 11) is 0. The van der Waals surface area contributed by atoms with E-state index in [4.69, 9.17) is 0 Å². The summed E-state index contributed by atoms with van der Waals surface area (Å²) >= 11 is 10.6. The van der Waals surface area contributed by atoms with Gasteiger partial charge in [-0.05, 0) is 22.6 Å². The van der Waals surface area contributed by atoms with E-state index in [9.17, 15) is 0 Å². The summed E-state index contributed by atoms with van der Waals surface area (Å²) in [4.78, 5) is 0. The van der Waals surface area contributed by atoms with E-state index in [-0.39, 0.29) is 9.15 Å². The van der Waals surface area contributed by atoms with Crippen molar-refractivity contribution in [3.8, 4) is 0 Å². The van der Waals surface area contributed by atoms with Crippen LogP contribution in [0.3, 0.4) is 0 Å². The third kappa shape index (κ3) is 3.07. The Bertz CT molecular complexity index is 324. The van der Waals surface area contributed by atoms with Gasteiger partial charge in [-0.15, -0.1) is 0 Å². The van der Waals surface area contributed by atoms with E-state index >= 15 is 0 Å². The Labute approximate surface area is 111 Å². The van der Waals surface area contributed by atoms with E-state index in [1.807, 2.05) is 0 Å². The Morgan fingerprint density at radius 2 is 1.71 bits per heavy atom. The van der Waals surface area contributed by atoms with Gasteiger partial charge < -0.3 is 0 Å². The topological polar surface area (TPSA) is 0 Å². The molecule has 0 spiro atoms. The molecule has 0 bridgehead atoms. The molecule has 1 aromatic rings. The van der Waals surface area contributed by atoms with Crippen LogP contribution >= 0.6 is 47.8 Å². The molecule has 3 heteroatoms. The molecule has 0 heterocycles. The highest BCUT2D eigenvalue weighted by atomic mass is 79.9. The van der Waals surface area contributed by atoms with Crippen LogP contribution in [0.2, 0.25) is 0 Å². The molecule has 0 saturated heterocycles. The van der Waals surface area contributed by atoms with Crippen LogP contribution in [0.4, 0.5) is 0 Å². The lowest BCUT2D eigenvalue weighted by Crippen LogP contribution is -2.11. The summed E-state index contributed by atoms with van der Waals surface area (Å²) in [6.07, 6.45) is 0. The molecule has 78 valence electrons. The SMILES string of the molecule is CC(C)(C)c1ccc(C(Br)Br)c(Br)c1. The molecule has 0 aliphatic heterocycles. The van der Waals surface area contributed by atoms with Crippen molar-refractivity contribution in [3.63, 3.8) is 0 Å². The van der Waals surface area contributed by atoms with Crippen molar-refractivity contribution < 1.29 is 0 Å². The van der Waals surface area contributed by atoms with Crippen molar-refractivity contribution >= 4 is 47.8 Å². The van der Waals surface area contributed by atoms with E-state index in [1.54, 1.807) is 0 Å². The third-order valence-electron chi connectivity index (χ3n) is 2.10. The molecule has 1 aromatic carbocycles. The fraction of sp³-hybridized carbons (Fsp3) is 0.455. The monoisotopic (exact) mass is 382 g/mol. The molecule has 0 N–H and O–H groups in total. The maximum atomic E-state index is 3.58. The zero-order valence-corrected chi connectivity index (χ0v) is 13.2. The zero-order valence-electron chi connectivity index (χ0n) is 8.44. The van der Waals surface area contributed by atoms with Crippen LogP contribution < -0.4 is 0 Å². The highest BCUT2D eigenvalue weighted by Crippen LogP contribution is 2.36. The van der Waals surface area contributed by atoms with Gasteiger partial charge in [0.25, 0.3) is 0 Å². The van der Waals surface area contributed by atoms with E-state index in [1.165, 1.54) is 11.1 Å². The number of benzene rings is 1. The maximum absolute atomic E-state index is 3.58. The van der Waals surface area contributed by atoms with Crippen LogP contribution in [0.15, 0.2) is 22.7 Å². The average Bonchev–Trinajstić information content (AvgIpc) is 2.01. The molecule has 0 unspecified atom stereocenters. The van der Waals surface area contributed by atoms with Crippen molar-refractivity contribution in [1.82, 2.24) is 0 Å². The highest BCUT2D eigenvalue weighted by Gasteiger charge is 2.16. The van der Waals surface area contributed by atoms with Crippen LogP contribution in [0.5, 0.6) is 0 Å². The maximum Gasteiger partial charge on any atom is 0.0957 e. The van der Waals surface area contributed by atoms with Crippen LogP contribution in [-0.4, -0.2) is 0 Å². The van der Waals surface area contributed by atoms with Gasteiger partial charge in [-0.1, -0.05) is 80.7 Å². The molecule has 0 atom stereocenters. The van der Waals surface area contributed by atoms with Crippen molar-refractivity contribution in [2.45, 2.75) is 29.9 Å². The summed E-state index contributed by atoms with van der Waals surface area (Å²) in [5, 5.41) is 0. The van der Waals surface area contributed by atoms with Crippen LogP contribution in [0.1, 0.15) is 35.6 Å². The summed E-state index contributed by atoms with van der Waals surface area (Å²) in [5.74, 6) is 0. The van der Waals surface area contributed by atoms with Gasteiger partial charge in [0.05, 0.1) is 3.74 Å². The standard InChI is InChI=1S/C11H13Br3/c1-11(2,3)7-4-5-8(10(13)14)9(12)6-7/h4-6,10H,1-3H3. The predicted octanol–water partition coefficient (Wildman–Crippen LogP) is 5.54. The van der Waals surface area contributed by atoms with E-state index in [0.717, 1.165) is 4.47 Å². The lowest BCUT2D eigenvalue weighted by molar-refractivity contribution is 0.589. The first kappa shape index (κ1) is 12.7. The average molecular weight is 385 g/mol. The zero-order chi connectivity index (χ0) is 10.9. The molecule has 1 rings (SSSR count). The van der Waals surface area contributed by atoms with Crippen LogP contribution in [-0.2, 0) is 5.41 Å². The highest BCUT2D eigenvalue weighted by molar-refractivity contribution is 9.24. The third-order valence-corrected chi connectivity index (χ3v) is 3.77. The molecular formula is C11H13Br3. The largest absolute Gasteiger partial charge is 0.0957 e. The number of alkyl halides is 2. The molecule has 0 aromatic heterocycles. The Morgan fingerprint density at radius 1 is 1.14 bits per heavy atom. The summed E-state index contributed by atoms with van der Waals surface area (Å²) in [6, 6.07) is 6.50. The van der Waals surface area contributed by atoms with Gasteiger partial charge in [0.1, 0.15) is 0 Å². The number of halogens is 3. The van der Waals surface area contributed by atoms with E-state index in [0.29, 0.717) is 0 Å². The molecule has 0 amide bonds. The normalized spacial score (nSPS) is 12.2. The van der Waals surface area contributed by atoms with E-state index in [2.05, 4.69) is 86.8 Å². The minimum atomic E-state index is 0.204. The summed E-state index contributed by atoms with van der Waals surface area (Å²) in [6.45, 7) is 6.65. The summed E-state index contributed by atoms with van der Waals surface area (Å²) in [5.41, 5.74) is 2.77. The second-order valence-corrected chi connectivity index (χ2v) is 8.20. The molecule has 14 heavy (non-hydrogen) atoms. The van der Waals surface area contributed by atoms with Crippen LogP contribution in [0, 0.1) is 0 Å². The molecule has 0 nitrogen and oxygen atoms in total. The minimum Gasteiger partial charge on any atom is -0.0712 e. The van der Waals surface area contributed by atoms with Gasteiger partial charge in [-0.3, -0.25) is 0 Å². The van der Waals surface area contributed by atoms with Gasteiger partial charge in [0.15, 0.2) is 0 Å². The molecule has 0 aliphatic rings. The lowest BCUT2D eigenvalue weighted by atomic mass is 9.87. The van der Waals surface area contributed by atoms with Crippen LogP contribution in [0.25, 0.3) is 0 Å². The first-order chi connectivity index (χ1) is 6.32. The fourth-order valence-corrected chi connectivity index (χ4v) is 3.19. The van der Waals surface area contributed by atoms with Crippen molar-refractivity contribution in [3.05, 3.63) is 33.8 Å². The number of hydrogen-bond acceptors (Lipinski definition) is 0. The van der Waals surface area contributed by atoms with Crippen molar-refractivity contribution in [1.29, 1.82) is 0 Å². The second-order valence-electron chi connectivity index (χ2n) is 4.29. The summed E-state index contributed by atoms with van der Waals surface area (Å²) < 4.78 is 1.35. The number of hydrogen-bond donors (Lipinski definition) is 0. The minimum absolute atomic E-state index is 0.204. The van der Waals surface area contributed by atoms with Crippen molar-refractivity contribution in [2.75, 3.05) is 0 Å². The fourth-order valence-electron chi connectivity index (χ4n) is 1.17. The predicted molar refractivity (Wildman–Crippen MR) is 73.4 cm³/mol. The van der Waals surface area contributed by atoms with Crippen molar-refractivity contribution in [2.24, 2.45) is 0 Å². The molecule has 0 fully saturated rings. The van der Waals surface area contributed by atoms with Gasteiger partial charge in [-0.25, -0.2) is 0 Å². The molecule has 0 radical (unpaired) electrons. The van der Waals surface area contributed by atoms with Gasteiger partial charge in [-0.2, -0.15) is 0 Å². The first-order valence-electron chi connectivity index (χ1n) is 4.40. The molecular weight excluding hydrogens is 372 g/mol. The molecule has 0 saturated carbocycles. The second kappa shape index (κ2) is 4.67. The number of rotatable bonds is 1. The first-order valence-corrected chi connectivity index (χ1v) is 7.03. The van der Waals surface area contributed by atoms with Gasteiger partial charge in [0.2, 0.25) is 0 Å². The van der Waals surface area contributed by atoms with E-state index < -0.39 is 0 Å². The molecule has 0 aliphatic carbocycles. The van der Waals surface area contributed by atoms with Gasteiger partial charge >= 0.3 is 0 Å². The Kier molecular flexibility index (Phi) is 4.24.